The Morgan fingerprint density at radius 3 is 2.60 bits per heavy atom. The minimum absolute atomic E-state index is 0.145. The molecule has 0 saturated carbocycles. The van der Waals surface area contributed by atoms with E-state index in [1.807, 2.05) is 0 Å². The van der Waals surface area contributed by atoms with E-state index >= 15 is 0 Å². The van der Waals surface area contributed by atoms with Gasteiger partial charge >= 0.3 is 6.18 Å². The Morgan fingerprint density at radius 2 is 2.10 bits per heavy atom. The Kier molecular flexibility index (Phi) is 3.32. The van der Waals surface area contributed by atoms with Crippen LogP contribution in [0.5, 0.6) is 0 Å². The summed E-state index contributed by atoms with van der Waals surface area (Å²) >= 11 is 0. The highest BCUT2D eigenvalue weighted by molar-refractivity contribution is 5.73. The van der Waals surface area contributed by atoms with Crippen LogP contribution in [0.2, 0.25) is 0 Å². The highest BCUT2D eigenvalue weighted by Crippen LogP contribution is 2.39. The van der Waals surface area contributed by atoms with Crippen molar-refractivity contribution in [1.29, 1.82) is 0 Å². The summed E-state index contributed by atoms with van der Waals surface area (Å²) in [6.45, 7) is 4.27. The van der Waals surface area contributed by atoms with Gasteiger partial charge in [-0.1, -0.05) is 0 Å². The van der Waals surface area contributed by atoms with Crippen LogP contribution in [0.4, 0.5) is 13.2 Å². The van der Waals surface area contributed by atoms with E-state index in [0.29, 0.717) is 19.2 Å². The van der Waals surface area contributed by atoms with Crippen molar-refractivity contribution in [3.05, 3.63) is 17.7 Å². The van der Waals surface area contributed by atoms with E-state index in [0.717, 1.165) is 0 Å². The van der Waals surface area contributed by atoms with Crippen LogP contribution in [0.1, 0.15) is 38.3 Å². The molecule has 1 aromatic rings. The SMILES string of the molecule is CC(=O)N1Cc2cnc([C@@](C)(O)C(F)(F)F)n2[C@@H](C)C1. The second-order valence-corrected chi connectivity index (χ2v) is 5.26. The van der Waals surface area contributed by atoms with Crippen LogP contribution >= 0.6 is 0 Å². The molecule has 1 aliphatic rings. The maximum atomic E-state index is 12.9. The van der Waals surface area contributed by atoms with Gasteiger partial charge in [0.2, 0.25) is 11.5 Å². The van der Waals surface area contributed by atoms with E-state index in [4.69, 9.17) is 0 Å². The number of hydrogen-bond acceptors (Lipinski definition) is 3. The molecule has 0 bridgehead atoms. The number of imidazole rings is 1. The van der Waals surface area contributed by atoms with Gasteiger partial charge in [0.15, 0.2) is 5.82 Å². The molecule has 0 fully saturated rings. The number of carbonyl (C=O) groups is 1. The molecule has 2 rings (SSSR count). The zero-order valence-electron chi connectivity index (χ0n) is 11.4. The predicted octanol–water partition coefficient (Wildman–Crippen LogP) is 1.58. The Morgan fingerprint density at radius 1 is 1.50 bits per heavy atom. The second kappa shape index (κ2) is 4.47. The number of halogens is 3. The summed E-state index contributed by atoms with van der Waals surface area (Å²) in [4.78, 5) is 16.7. The summed E-state index contributed by atoms with van der Waals surface area (Å²) < 4.78 is 40.2. The Labute approximate surface area is 114 Å². The molecule has 0 radical (unpaired) electrons. The van der Waals surface area contributed by atoms with Gasteiger partial charge in [-0.05, 0) is 13.8 Å². The molecule has 2 heterocycles. The average Bonchev–Trinajstić information content (AvgIpc) is 2.71. The van der Waals surface area contributed by atoms with Gasteiger partial charge in [-0.25, -0.2) is 4.98 Å². The standard InChI is InChI=1S/C12H16F3N3O2/c1-7-5-17(8(2)19)6-9-4-16-10(18(7)9)11(3,20)12(13,14)15/h4,7,20H,5-6H2,1-3H3/t7-,11+/m0/s1. The van der Waals surface area contributed by atoms with Gasteiger partial charge in [0.05, 0.1) is 24.5 Å². The molecule has 0 aromatic carbocycles. The number of amides is 1. The van der Waals surface area contributed by atoms with Gasteiger partial charge in [0.25, 0.3) is 0 Å². The summed E-state index contributed by atoms with van der Waals surface area (Å²) in [7, 11) is 0. The van der Waals surface area contributed by atoms with E-state index < -0.39 is 17.6 Å². The van der Waals surface area contributed by atoms with Crippen LogP contribution in [-0.2, 0) is 16.9 Å². The van der Waals surface area contributed by atoms with Gasteiger partial charge < -0.3 is 14.6 Å². The number of carbonyl (C=O) groups excluding carboxylic acids is 1. The molecule has 1 aromatic heterocycles. The predicted molar refractivity (Wildman–Crippen MR) is 63.7 cm³/mol. The number of hydrogen-bond donors (Lipinski definition) is 1. The van der Waals surface area contributed by atoms with Crippen molar-refractivity contribution in [1.82, 2.24) is 14.5 Å². The fraction of sp³-hybridized carbons (Fsp3) is 0.667. The summed E-state index contributed by atoms with van der Waals surface area (Å²) in [6.07, 6.45) is -3.53. The zero-order chi connectivity index (χ0) is 15.3. The van der Waals surface area contributed by atoms with Crippen LogP contribution in [-0.4, -0.2) is 38.2 Å². The van der Waals surface area contributed by atoms with Crippen LogP contribution in [0, 0.1) is 0 Å². The van der Waals surface area contributed by atoms with Crippen molar-refractivity contribution < 1.29 is 23.1 Å². The van der Waals surface area contributed by atoms with Gasteiger partial charge in [0, 0.05) is 13.5 Å². The quantitative estimate of drug-likeness (QED) is 0.854. The maximum Gasteiger partial charge on any atom is 0.424 e. The molecule has 0 spiro atoms. The molecule has 20 heavy (non-hydrogen) atoms. The van der Waals surface area contributed by atoms with Crippen molar-refractivity contribution in [3.63, 3.8) is 0 Å². The maximum absolute atomic E-state index is 12.9. The van der Waals surface area contributed by atoms with Crippen molar-refractivity contribution >= 4 is 5.91 Å². The summed E-state index contributed by atoms with van der Waals surface area (Å²) in [5, 5.41) is 9.77. The third-order valence-electron chi connectivity index (χ3n) is 3.58. The van der Waals surface area contributed by atoms with E-state index in [1.165, 1.54) is 22.6 Å². The van der Waals surface area contributed by atoms with Crippen molar-refractivity contribution in [2.75, 3.05) is 6.54 Å². The van der Waals surface area contributed by atoms with Crippen LogP contribution in [0.3, 0.4) is 0 Å². The molecule has 0 saturated heterocycles. The normalized spacial score (nSPS) is 22.4. The largest absolute Gasteiger partial charge is 0.424 e. The lowest BCUT2D eigenvalue weighted by molar-refractivity contribution is -0.263. The average molecular weight is 291 g/mol. The molecule has 112 valence electrons. The van der Waals surface area contributed by atoms with Crippen LogP contribution in [0.25, 0.3) is 0 Å². The summed E-state index contributed by atoms with van der Waals surface area (Å²) in [6, 6.07) is -0.381. The lowest BCUT2D eigenvalue weighted by Crippen LogP contribution is -2.45. The molecular formula is C12H16F3N3O2. The number of nitrogens with zero attached hydrogens (tertiary/aromatic N) is 3. The smallest absolute Gasteiger partial charge is 0.374 e. The molecule has 8 heteroatoms. The number of alkyl halides is 3. The topological polar surface area (TPSA) is 58.4 Å². The monoisotopic (exact) mass is 291 g/mol. The number of aromatic nitrogens is 2. The zero-order valence-corrected chi connectivity index (χ0v) is 11.4. The Hall–Kier alpha value is -1.57. The third kappa shape index (κ3) is 2.17. The second-order valence-electron chi connectivity index (χ2n) is 5.26. The van der Waals surface area contributed by atoms with Gasteiger partial charge in [0.1, 0.15) is 0 Å². The number of aliphatic hydroxyl groups is 1. The van der Waals surface area contributed by atoms with Crippen molar-refractivity contribution in [3.8, 4) is 0 Å². The van der Waals surface area contributed by atoms with E-state index in [-0.39, 0.29) is 18.5 Å². The first-order chi connectivity index (χ1) is 9.05. The highest BCUT2D eigenvalue weighted by atomic mass is 19.4. The highest BCUT2D eigenvalue weighted by Gasteiger charge is 2.54. The fourth-order valence-electron chi connectivity index (χ4n) is 2.39. The fourth-order valence-corrected chi connectivity index (χ4v) is 2.39. The molecule has 1 amide bonds. The Balaban J connectivity index is 2.46. The van der Waals surface area contributed by atoms with Crippen LogP contribution in [0.15, 0.2) is 6.20 Å². The molecule has 2 atom stereocenters. The van der Waals surface area contributed by atoms with Gasteiger partial charge in [-0.15, -0.1) is 0 Å². The molecule has 5 nitrogen and oxygen atoms in total. The lowest BCUT2D eigenvalue weighted by atomic mass is 10.0. The summed E-state index contributed by atoms with van der Waals surface area (Å²) in [5.41, 5.74) is -2.53. The summed E-state index contributed by atoms with van der Waals surface area (Å²) in [5.74, 6) is -0.580. The van der Waals surface area contributed by atoms with E-state index in [9.17, 15) is 23.1 Å². The minimum atomic E-state index is -4.81. The van der Waals surface area contributed by atoms with E-state index in [1.54, 1.807) is 6.92 Å². The number of fused-ring (bicyclic) bond motifs is 1. The lowest BCUT2D eigenvalue weighted by Gasteiger charge is -2.35. The molecule has 0 unspecified atom stereocenters. The van der Waals surface area contributed by atoms with Gasteiger partial charge in [-0.2, -0.15) is 13.2 Å². The van der Waals surface area contributed by atoms with Crippen LogP contribution < -0.4 is 0 Å². The molecule has 1 aliphatic heterocycles. The van der Waals surface area contributed by atoms with Gasteiger partial charge in [-0.3, -0.25) is 4.79 Å². The first-order valence-electron chi connectivity index (χ1n) is 6.17. The molecule has 1 N–H and O–H groups in total. The minimum Gasteiger partial charge on any atom is -0.374 e. The number of rotatable bonds is 1. The van der Waals surface area contributed by atoms with E-state index in [2.05, 4.69) is 4.98 Å². The first kappa shape index (κ1) is 14.8. The van der Waals surface area contributed by atoms with Crippen molar-refractivity contribution in [2.24, 2.45) is 0 Å². The Bertz CT molecular complexity index is 537. The first-order valence-corrected chi connectivity index (χ1v) is 6.17. The van der Waals surface area contributed by atoms with Crippen molar-refractivity contribution in [2.45, 2.75) is 45.1 Å². The molecule has 0 aliphatic carbocycles. The molecular weight excluding hydrogens is 275 g/mol. The third-order valence-corrected chi connectivity index (χ3v) is 3.58.